The molecule has 0 fully saturated rings. The third kappa shape index (κ3) is 2.45. The Hall–Kier alpha value is -1.54. The van der Waals surface area contributed by atoms with Crippen molar-refractivity contribution in [2.45, 2.75) is 6.43 Å². The molecule has 0 aliphatic heterocycles. The van der Waals surface area contributed by atoms with E-state index in [1.807, 2.05) is 6.07 Å². The van der Waals surface area contributed by atoms with Gasteiger partial charge in [0.05, 0.1) is 9.17 Å². The van der Waals surface area contributed by atoms with Crippen LogP contribution in [0.1, 0.15) is 12.2 Å². The van der Waals surface area contributed by atoms with E-state index in [-0.39, 0.29) is 11.6 Å². The van der Waals surface area contributed by atoms with Crippen LogP contribution >= 0.6 is 27.3 Å². The summed E-state index contributed by atoms with van der Waals surface area (Å²) in [6.07, 6.45) is -1.22. The van der Waals surface area contributed by atoms with E-state index in [2.05, 4.69) is 31.2 Å². The average molecular weight is 346 g/mol. The quantitative estimate of drug-likeness (QED) is 0.745. The number of halogens is 3. The molecule has 0 bridgehead atoms. The summed E-state index contributed by atoms with van der Waals surface area (Å²) in [6.45, 7) is 0. The van der Waals surface area contributed by atoms with E-state index in [9.17, 15) is 8.78 Å². The Morgan fingerprint density at radius 3 is 2.89 bits per heavy atom. The molecule has 8 heteroatoms. The summed E-state index contributed by atoms with van der Waals surface area (Å²) < 4.78 is 30.7. The maximum atomic E-state index is 12.4. The maximum Gasteiger partial charge on any atom is 0.295 e. The van der Waals surface area contributed by atoms with Gasteiger partial charge in [-0.3, -0.25) is 0 Å². The largest absolute Gasteiger partial charge is 0.439 e. The van der Waals surface area contributed by atoms with Crippen molar-refractivity contribution in [2.24, 2.45) is 0 Å². The highest BCUT2D eigenvalue weighted by Gasteiger charge is 2.14. The number of hydrogen-bond donors (Lipinski definition) is 1. The number of nitrogens with zero attached hydrogens (tertiary/aromatic N) is 2. The highest BCUT2D eigenvalue weighted by molar-refractivity contribution is 9.11. The van der Waals surface area contributed by atoms with E-state index >= 15 is 0 Å². The average Bonchev–Trinajstić information content (AvgIpc) is 2.95. The Balaban J connectivity index is 1.96. The fourth-order valence-electron chi connectivity index (χ4n) is 1.58. The smallest absolute Gasteiger partial charge is 0.295 e. The molecular formula is C11H6BrF2N3OS. The molecule has 4 nitrogen and oxygen atoms in total. The zero-order valence-corrected chi connectivity index (χ0v) is 11.6. The lowest BCUT2D eigenvalue weighted by molar-refractivity contribution is 0.123. The van der Waals surface area contributed by atoms with Gasteiger partial charge in [0.2, 0.25) is 0 Å². The van der Waals surface area contributed by atoms with Gasteiger partial charge in [0.15, 0.2) is 11.6 Å². The molecule has 3 aromatic rings. The first-order valence-corrected chi connectivity index (χ1v) is 6.79. The van der Waals surface area contributed by atoms with Gasteiger partial charge in [0, 0.05) is 6.07 Å². The van der Waals surface area contributed by atoms with Crippen molar-refractivity contribution in [3.8, 4) is 0 Å². The molecule has 3 rings (SSSR count). The van der Waals surface area contributed by atoms with Gasteiger partial charge in [-0.05, 0) is 28.1 Å². The number of furan rings is 1. The van der Waals surface area contributed by atoms with Gasteiger partial charge in [-0.1, -0.05) is 0 Å². The van der Waals surface area contributed by atoms with Crippen LogP contribution in [0.4, 0.5) is 20.5 Å². The number of thiophene rings is 1. The molecular weight excluding hydrogens is 340 g/mol. The monoisotopic (exact) mass is 345 g/mol. The number of nitrogens with one attached hydrogen (secondary N) is 1. The van der Waals surface area contributed by atoms with Crippen LogP contribution < -0.4 is 5.32 Å². The standard InChI is InChI=1S/C11H6BrF2N3OS/c12-7-3-5-10(15-4-16-11(5)19-7)17-8-2-1-6(18-8)9(13)14/h1-4,9H,(H,15,16,17). The molecule has 1 N–H and O–H groups in total. The summed E-state index contributed by atoms with van der Waals surface area (Å²) in [4.78, 5) is 9.01. The lowest BCUT2D eigenvalue weighted by Gasteiger charge is -2.02. The molecule has 0 spiro atoms. The molecule has 98 valence electrons. The van der Waals surface area contributed by atoms with Crippen molar-refractivity contribution in [3.05, 3.63) is 34.1 Å². The zero-order chi connectivity index (χ0) is 13.4. The fraction of sp³-hybridized carbons (Fsp3) is 0.0909. The van der Waals surface area contributed by atoms with Crippen molar-refractivity contribution < 1.29 is 13.2 Å². The molecule has 0 aliphatic carbocycles. The Morgan fingerprint density at radius 2 is 2.16 bits per heavy atom. The van der Waals surface area contributed by atoms with Crippen LogP contribution in [0.5, 0.6) is 0 Å². The predicted octanol–water partition coefficient (Wildman–Crippen LogP) is 4.73. The van der Waals surface area contributed by atoms with Crippen molar-refractivity contribution in [2.75, 3.05) is 5.32 Å². The number of hydrogen-bond acceptors (Lipinski definition) is 5. The molecule has 19 heavy (non-hydrogen) atoms. The van der Waals surface area contributed by atoms with Gasteiger partial charge in [-0.25, -0.2) is 18.7 Å². The number of rotatable bonds is 3. The molecule has 3 heterocycles. The van der Waals surface area contributed by atoms with Crippen molar-refractivity contribution in [1.82, 2.24) is 9.97 Å². The summed E-state index contributed by atoms with van der Waals surface area (Å²) >= 11 is 4.83. The number of alkyl halides is 2. The van der Waals surface area contributed by atoms with Crippen LogP contribution in [-0.2, 0) is 0 Å². The third-order valence-electron chi connectivity index (χ3n) is 2.38. The van der Waals surface area contributed by atoms with Crippen LogP contribution in [0, 0.1) is 0 Å². The van der Waals surface area contributed by atoms with Gasteiger partial charge >= 0.3 is 0 Å². The van der Waals surface area contributed by atoms with Crippen molar-refractivity contribution in [1.29, 1.82) is 0 Å². The van der Waals surface area contributed by atoms with E-state index in [1.165, 1.54) is 29.8 Å². The molecule has 0 aromatic carbocycles. The highest BCUT2D eigenvalue weighted by atomic mass is 79.9. The van der Waals surface area contributed by atoms with Gasteiger partial charge in [-0.2, -0.15) is 0 Å². The van der Waals surface area contributed by atoms with Gasteiger partial charge in [0.1, 0.15) is 17.0 Å². The molecule has 0 radical (unpaired) electrons. The van der Waals surface area contributed by atoms with Crippen LogP contribution in [-0.4, -0.2) is 9.97 Å². The molecule has 0 amide bonds. The first-order chi connectivity index (χ1) is 9.13. The van der Waals surface area contributed by atoms with E-state index in [0.717, 1.165) is 14.0 Å². The molecule has 0 saturated heterocycles. The molecule has 0 atom stereocenters. The van der Waals surface area contributed by atoms with E-state index < -0.39 is 6.43 Å². The normalized spacial score (nSPS) is 11.4. The van der Waals surface area contributed by atoms with E-state index in [1.54, 1.807) is 0 Å². The SMILES string of the molecule is FC(F)c1ccc(Nc2ncnc3sc(Br)cc23)o1. The van der Waals surface area contributed by atoms with Crippen molar-refractivity contribution in [3.63, 3.8) is 0 Å². The van der Waals surface area contributed by atoms with Gasteiger partial charge < -0.3 is 9.73 Å². The van der Waals surface area contributed by atoms with Crippen molar-refractivity contribution >= 4 is 49.2 Å². The van der Waals surface area contributed by atoms with Crippen LogP contribution in [0.3, 0.4) is 0 Å². The summed E-state index contributed by atoms with van der Waals surface area (Å²) in [5.74, 6) is 0.360. The zero-order valence-electron chi connectivity index (χ0n) is 9.23. The lowest BCUT2D eigenvalue weighted by atomic mass is 10.4. The molecule has 0 aliphatic rings. The van der Waals surface area contributed by atoms with Gasteiger partial charge in [-0.15, -0.1) is 11.3 Å². The van der Waals surface area contributed by atoms with E-state index in [4.69, 9.17) is 4.42 Å². The van der Waals surface area contributed by atoms with Gasteiger partial charge in [0.25, 0.3) is 6.43 Å². The maximum absolute atomic E-state index is 12.4. The second kappa shape index (κ2) is 4.86. The molecule has 0 saturated carbocycles. The Morgan fingerprint density at radius 1 is 1.32 bits per heavy atom. The minimum Gasteiger partial charge on any atom is -0.439 e. The first kappa shape index (κ1) is 12.5. The second-order valence-corrected chi connectivity index (χ2v) is 6.03. The number of anilines is 2. The highest BCUT2D eigenvalue weighted by Crippen LogP contribution is 2.33. The second-order valence-electron chi connectivity index (χ2n) is 3.62. The summed E-state index contributed by atoms with van der Waals surface area (Å²) in [5.41, 5.74) is 0. The minimum atomic E-state index is -2.63. The number of aromatic nitrogens is 2. The summed E-state index contributed by atoms with van der Waals surface area (Å²) in [6, 6.07) is 4.53. The van der Waals surface area contributed by atoms with Crippen LogP contribution in [0.2, 0.25) is 0 Å². The first-order valence-electron chi connectivity index (χ1n) is 5.18. The van der Waals surface area contributed by atoms with E-state index in [0.29, 0.717) is 5.82 Å². The Kier molecular flexibility index (Phi) is 3.19. The van der Waals surface area contributed by atoms with Crippen LogP contribution in [0.15, 0.2) is 32.7 Å². The topological polar surface area (TPSA) is 51.0 Å². The Labute approximate surface area is 118 Å². The predicted molar refractivity (Wildman–Crippen MR) is 72.1 cm³/mol. The molecule has 3 aromatic heterocycles. The molecule has 0 unspecified atom stereocenters. The summed E-state index contributed by atoms with van der Waals surface area (Å²) in [7, 11) is 0. The third-order valence-corrected chi connectivity index (χ3v) is 3.93. The van der Waals surface area contributed by atoms with Crippen LogP contribution in [0.25, 0.3) is 10.2 Å². The summed E-state index contributed by atoms with van der Waals surface area (Å²) in [5, 5.41) is 3.67. The minimum absolute atomic E-state index is 0.220. The lowest BCUT2D eigenvalue weighted by Crippen LogP contribution is -1.93. The Bertz CT molecular complexity index is 728. The number of fused-ring (bicyclic) bond motifs is 1. The fourth-order valence-corrected chi connectivity index (χ4v) is 3.00.